The van der Waals surface area contributed by atoms with E-state index in [0.29, 0.717) is 19.1 Å². The van der Waals surface area contributed by atoms with Gasteiger partial charge in [0.1, 0.15) is 5.82 Å². The van der Waals surface area contributed by atoms with Crippen molar-refractivity contribution in [1.82, 2.24) is 19.4 Å². The molecule has 0 saturated carbocycles. The fourth-order valence-corrected chi connectivity index (χ4v) is 3.79. The molecule has 3 heterocycles. The first-order chi connectivity index (χ1) is 11.0. The zero-order valence-electron chi connectivity index (χ0n) is 14.5. The number of imidazole rings is 1. The van der Waals surface area contributed by atoms with Crippen LogP contribution in [0.5, 0.6) is 0 Å². The fraction of sp³-hybridized carbons (Fsp3) is 0.765. The molecule has 0 radical (unpaired) electrons. The van der Waals surface area contributed by atoms with Crippen LogP contribution in [0.3, 0.4) is 0 Å². The summed E-state index contributed by atoms with van der Waals surface area (Å²) in [6, 6.07) is 0. The summed E-state index contributed by atoms with van der Waals surface area (Å²) in [5.74, 6) is 1.66. The quantitative estimate of drug-likeness (QED) is 0.841. The van der Waals surface area contributed by atoms with E-state index in [-0.39, 0.29) is 5.91 Å². The number of morpholine rings is 1. The number of aryl methyl sites for hydroxylation is 1. The molecule has 0 aromatic carbocycles. The van der Waals surface area contributed by atoms with Crippen LogP contribution >= 0.6 is 0 Å². The molecule has 2 fully saturated rings. The zero-order valence-corrected chi connectivity index (χ0v) is 14.5. The number of amides is 1. The van der Waals surface area contributed by atoms with Gasteiger partial charge >= 0.3 is 0 Å². The molecule has 1 aromatic rings. The second kappa shape index (κ2) is 6.61. The molecule has 0 bridgehead atoms. The molecular weight excluding hydrogens is 292 g/mol. The van der Waals surface area contributed by atoms with Gasteiger partial charge in [0.05, 0.1) is 18.8 Å². The molecule has 0 spiro atoms. The highest BCUT2D eigenvalue weighted by molar-refractivity contribution is 5.85. The van der Waals surface area contributed by atoms with Crippen molar-refractivity contribution in [3.05, 3.63) is 18.2 Å². The molecule has 0 N–H and O–H groups in total. The van der Waals surface area contributed by atoms with Crippen LogP contribution in [0.25, 0.3) is 0 Å². The third-order valence-electron chi connectivity index (χ3n) is 5.26. The fourth-order valence-electron chi connectivity index (χ4n) is 3.79. The summed E-state index contributed by atoms with van der Waals surface area (Å²) in [5.41, 5.74) is -0.465. The van der Waals surface area contributed by atoms with Crippen LogP contribution in [-0.2, 0) is 16.6 Å². The number of carbonyl (C=O) groups is 1. The largest absolute Gasteiger partial charge is 0.379 e. The number of rotatable bonds is 3. The number of likely N-dealkylation sites (tertiary alicyclic amines) is 1. The third-order valence-corrected chi connectivity index (χ3v) is 5.26. The lowest BCUT2D eigenvalue weighted by atomic mass is 9.93. The summed E-state index contributed by atoms with van der Waals surface area (Å²) in [6.45, 7) is 8.81. The van der Waals surface area contributed by atoms with Crippen LogP contribution in [0.1, 0.15) is 38.4 Å². The van der Waals surface area contributed by atoms with E-state index in [9.17, 15) is 4.79 Å². The molecule has 6 nitrogen and oxygen atoms in total. The summed E-state index contributed by atoms with van der Waals surface area (Å²) in [6.07, 6.45) is 5.97. The van der Waals surface area contributed by atoms with Gasteiger partial charge in [0.2, 0.25) is 5.91 Å². The van der Waals surface area contributed by atoms with Crippen LogP contribution in [0.15, 0.2) is 12.4 Å². The Balaban J connectivity index is 1.70. The molecule has 6 heteroatoms. The summed E-state index contributed by atoms with van der Waals surface area (Å²) >= 11 is 0. The molecule has 0 aliphatic carbocycles. The predicted molar refractivity (Wildman–Crippen MR) is 88.2 cm³/mol. The highest BCUT2D eigenvalue weighted by Crippen LogP contribution is 2.28. The van der Waals surface area contributed by atoms with Crippen molar-refractivity contribution >= 4 is 5.91 Å². The molecule has 2 saturated heterocycles. The molecular formula is C17H28N4O2. The van der Waals surface area contributed by atoms with Crippen molar-refractivity contribution in [2.45, 2.75) is 38.1 Å². The first kappa shape index (κ1) is 16.5. The Morgan fingerprint density at radius 2 is 2.04 bits per heavy atom. The highest BCUT2D eigenvalue weighted by atomic mass is 16.5. The van der Waals surface area contributed by atoms with Crippen molar-refractivity contribution < 1.29 is 9.53 Å². The lowest BCUT2D eigenvalue weighted by Gasteiger charge is -2.44. The average Bonchev–Trinajstić information content (AvgIpc) is 3.01. The molecule has 3 rings (SSSR count). The smallest absolute Gasteiger partial charge is 0.242 e. The second-order valence-corrected chi connectivity index (χ2v) is 7.15. The maximum atomic E-state index is 13.1. The topological polar surface area (TPSA) is 50.6 Å². The van der Waals surface area contributed by atoms with Crippen molar-refractivity contribution in [3.8, 4) is 0 Å². The van der Waals surface area contributed by atoms with Crippen LogP contribution in [0.2, 0.25) is 0 Å². The maximum absolute atomic E-state index is 13.1. The van der Waals surface area contributed by atoms with E-state index in [2.05, 4.69) is 14.5 Å². The van der Waals surface area contributed by atoms with Gasteiger partial charge in [-0.05, 0) is 26.7 Å². The number of hydrogen-bond donors (Lipinski definition) is 0. The van der Waals surface area contributed by atoms with Crippen molar-refractivity contribution in [1.29, 1.82) is 0 Å². The van der Waals surface area contributed by atoms with Crippen molar-refractivity contribution in [2.24, 2.45) is 7.05 Å². The van der Waals surface area contributed by atoms with Crippen LogP contribution in [-0.4, -0.2) is 70.2 Å². The van der Waals surface area contributed by atoms with E-state index in [1.54, 1.807) is 0 Å². The van der Waals surface area contributed by atoms with Gasteiger partial charge in [-0.2, -0.15) is 0 Å². The van der Waals surface area contributed by atoms with Gasteiger partial charge in [0.15, 0.2) is 0 Å². The predicted octanol–water partition coefficient (Wildman–Crippen LogP) is 1.24. The van der Waals surface area contributed by atoms with Gasteiger partial charge in [-0.3, -0.25) is 9.69 Å². The van der Waals surface area contributed by atoms with Gasteiger partial charge < -0.3 is 14.2 Å². The summed E-state index contributed by atoms with van der Waals surface area (Å²) in [4.78, 5) is 21.9. The Bertz CT molecular complexity index is 549. The van der Waals surface area contributed by atoms with E-state index < -0.39 is 5.54 Å². The lowest BCUT2D eigenvalue weighted by molar-refractivity contribution is -0.146. The standard InChI is InChI=1S/C17H28N4O2/c1-17(2,21-9-11-23-12-10-21)16(22)20-7-4-5-14(13-20)15-18-6-8-19(15)3/h6,8,14H,4-5,7,9-13H2,1-3H3. The molecule has 1 atom stereocenters. The van der Waals surface area contributed by atoms with Crippen LogP contribution in [0, 0.1) is 0 Å². The minimum absolute atomic E-state index is 0.235. The van der Waals surface area contributed by atoms with E-state index in [0.717, 1.165) is 44.8 Å². The summed E-state index contributed by atoms with van der Waals surface area (Å²) < 4.78 is 7.50. The monoisotopic (exact) mass is 320 g/mol. The minimum atomic E-state index is -0.465. The molecule has 2 aliphatic rings. The maximum Gasteiger partial charge on any atom is 0.242 e. The van der Waals surface area contributed by atoms with Gasteiger partial charge in [0, 0.05) is 51.5 Å². The summed E-state index contributed by atoms with van der Waals surface area (Å²) in [5, 5.41) is 0. The second-order valence-electron chi connectivity index (χ2n) is 7.15. The van der Waals surface area contributed by atoms with Gasteiger partial charge in [0.25, 0.3) is 0 Å². The Hall–Kier alpha value is -1.40. The molecule has 23 heavy (non-hydrogen) atoms. The van der Waals surface area contributed by atoms with E-state index in [1.165, 1.54) is 0 Å². The van der Waals surface area contributed by atoms with Crippen molar-refractivity contribution in [3.63, 3.8) is 0 Å². The van der Waals surface area contributed by atoms with Gasteiger partial charge in [-0.25, -0.2) is 4.98 Å². The number of ether oxygens (including phenoxy) is 1. The Kier molecular flexibility index (Phi) is 4.73. The van der Waals surface area contributed by atoms with Gasteiger partial charge in [-0.1, -0.05) is 0 Å². The molecule has 128 valence electrons. The van der Waals surface area contributed by atoms with E-state index >= 15 is 0 Å². The first-order valence-corrected chi connectivity index (χ1v) is 8.59. The van der Waals surface area contributed by atoms with E-state index in [4.69, 9.17) is 4.74 Å². The van der Waals surface area contributed by atoms with Gasteiger partial charge in [-0.15, -0.1) is 0 Å². The molecule has 2 aliphatic heterocycles. The number of carbonyl (C=O) groups excluding carboxylic acids is 1. The lowest BCUT2D eigenvalue weighted by Crippen LogP contribution is -2.60. The normalized spacial score (nSPS) is 24.0. The average molecular weight is 320 g/mol. The Morgan fingerprint density at radius 1 is 1.30 bits per heavy atom. The zero-order chi connectivity index (χ0) is 16.4. The SMILES string of the molecule is Cn1ccnc1C1CCCN(C(=O)C(C)(C)N2CCOCC2)C1. The summed E-state index contributed by atoms with van der Waals surface area (Å²) in [7, 11) is 2.03. The first-order valence-electron chi connectivity index (χ1n) is 8.59. The van der Waals surface area contributed by atoms with Crippen molar-refractivity contribution in [2.75, 3.05) is 39.4 Å². The van der Waals surface area contributed by atoms with Crippen LogP contribution < -0.4 is 0 Å². The Labute approximate surface area is 138 Å². The van der Waals surface area contributed by atoms with Crippen LogP contribution in [0.4, 0.5) is 0 Å². The van der Waals surface area contributed by atoms with E-state index in [1.807, 2.05) is 38.2 Å². The highest BCUT2D eigenvalue weighted by Gasteiger charge is 2.40. The number of piperidine rings is 1. The number of nitrogens with zero attached hydrogens (tertiary/aromatic N) is 4. The number of hydrogen-bond acceptors (Lipinski definition) is 4. The molecule has 1 aromatic heterocycles. The Morgan fingerprint density at radius 3 is 2.70 bits per heavy atom. The molecule has 1 amide bonds. The molecule has 1 unspecified atom stereocenters. The number of aromatic nitrogens is 2. The third kappa shape index (κ3) is 3.28. The minimum Gasteiger partial charge on any atom is -0.379 e.